The van der Waals surface area contributed by atoms with Crippen LogP contribution in [0, 0.1) is 0 Å². The summed E-state index contributed by atoms with van der Waals surface area (Å²) < 4.78 is 0. The lowest BCUT2D eigenvalue weighted by Crippen LogP contribution is -1.95. The van der Waals surface area contributed by atoms with E-state index in [4.69, 9.17) is 5.11 Å². The van der Waals surface area contributed by atoms with Crippen LogP contribution in [0.5, 0.6) is 0 Å². The molecule has 104 valence electrons. The van der Waals surface area contributed by atoms with Gasteiger partial charge in [0, 0.05) is 22.0 Å². The van der Waals surface area contributed by atoms with Gasteiger partial charge in [-0.1, -0.05) is 36.9 Å². The number of aromatic nitrogens is 1. The second-order valence-corrected chi connectivity index (χ2v) is 4.89. The Balaban J connectivity index is 2.38. The molecule has 1 heterocycles. The third kappa shape index (κ3) is 2.03. The number of H-pyrrole nitrogens is 1. The fourth-order valence-corrected chi connectivity index (χ4v) is 2.69. The number of fused-ring (bicyclic) bond motifs is 3. The molecule has 3 heteroatoms. The molecule has 0 atom stereocenters. The van der Waals surface area contributed by atoms with Gasteiger partial charge in [0.05, 0.1) is 11.1 Å². The molecule has 0 bridgehead atoms. The fraction of sp³-hybridized carbons (Fsp3) is 0.0556. The number of carbonyl (C=O) groups is 1. The summed E-state index contributed by atoms with van der Waals surface area (Å²) in [7, 11) is 0. The lowest BCUT2D eigenvalue weighted by molar-refractivity contribution is 0.0697. The number of hydrogen-bond donors (Lipinski definition) is 2. The van der Waals surface area contributed by atoms with E-state index < -0.39 is 5.97 Å². The Hall–Kier alpha value is -2.81. The first-order valence-electron chi connectivity index (χ1n) is 6.72. The fourth-order valence-electron chi connectivity index (χ4n) is 2.69. The molecule has 0 aliphatic heterocycles. The van der Waals surface area contributed by atoms with E-state index in [-0.39, 0.29) is 0 Å². The molecule has 3 rings (SSSR count). The van der Waals surface area contributed by atoms with Crippen LogP contribution in [0.15, 0.2) is 43.0 Å². The number of allylic oxidation sites excluding steroid dienone is 1. The number of carboxylic acid groups (broad SMARTS) is 1. The molecule has 0 saturated carbocycles. The summed E-state index contributed by atoms with van der Waals surface area (Å²) in [5.74, 6) is -0.912. The van der Waals surface area contributed by atoms with Crippen LogP contribution < -0.4 is 0 Å². The van der Waals surface area contributed by atoms with E-state index in [1.807, 2.05) is 43.4 Å². The molecule has 21 heavy (non-hydrogen) atoms. The van der Waals surface area contributed by atoms with Crippen LogP contribution in [0.25, 0.3) is 33.8 Å². The molecular formula is C18H15NO2. The summed E-state index contributed by atoms with van der Waals surface area (Å²) in [6, 6.07) is 9.13. The third-order valence-electron chi connectivity index (χ3n) is 3.64. The van der Waals surface area contributed by atoms with Crippen LogP contribution >= 0.6 is 0 Å². The SMILES string of the molecule is C=Cc1c(/C=C\C)[nH]c2c1ccc1cc(C(=O)O)ccc12. The number of benzene rings is 2. The van der Waals surface area contributed by atoms with Gasteiger partial charge in [0.2, 0.25) is 0 Å². The maximum Gasteiger partial charge on any atom is 0.335 e. The summed E-state index contributed by atoms with van der Waals surface area (Å²) >= 11 is 0. The minimum absolute atomic E-state index is 0.297. The summed E-state index contributed by atoms with van der Waals surface area (Å²) in [5.41, 5.74) is 3.38. The third-order valence-corrected chi connectivity index (χ3v) is 3.64. The average Bonchev–Trinajstić information content (AvgIpc) is 2.84. The zero-order valence-corrected chi connectivity index (χ0v) is 11.7. The van der Waals surface area contributed by atoms with Gasteiger partial charge in [0.1, 0.15) is 0 Å². The van der Waals surface area contributed by atoms with Crippen molar-refractivity contribution in [2.24, 2.45) is 0 Å². The minimum Gasteiger partial charge on any atom is -0.478 e. The van der Waals surface area contributed by atoms with E-state index in [9.17, 15) is 4.79 Å². The van der Waals surface area contributed by atoms with Crippen LogP contribution in [-0.4, -0.2) is 16.1 Å². The van der Waals surface area contributed by atoms with Crippen molar-refractivity contribution in [1.82, 2.24) is 4.98 Å². The van der Waals surface area contributed by atoms with Crippen LogP contribution in [0.4, 0.5) is 0 Å². The van der Waals surface area contributed by atoms with E-state index in [0.717, 1.165) is 32.9 Å². The largest absolute Gasteiger partial charge is 0.478 e. The Bertz CT molecular complexity index is 900. The van der Waals surface area contributed by atoms with Gasteiger partial charge in [-0.3, -0.25) is 0 Å². The van der Waals surface area contributed by atoms with Gasteiger partial charge < -0.3 is 10.1 Å². The first-order valence-corrected chi connectivity index (χ1v) is 6.72. The van der Waals surface area contributed by atoms with Gasteiger partial charge in [0.15, 0.2) is 0 Å². The highest BCUT2D eigenvalue weighted by atomic mass is 16.4. The van der Waals surface area contributed by atoms with E-state index in [1.165, 1.54) is 0 Å². The molecule has 0 radical (unpaired) electrons. The van der Waals surface area contributed by atoms with E-state index in [2.05, 4.69) is 11.6 Å². The molecule has 0 fully saturated rings. The minimum atomic E-state index is -0.912. The van der Waals surface area contributed by atoms with Crippen molar-refractivity contribution < 1.29 is 9.90 Å². The summed E-state index contributed by atoms with van der Waals surface area (Å²) in [6.07, 6.45) is 5.82. The molecule has 2 aromatic carbocycles. The lowest BCUT2D eigenvalue weighted by atomic mass is 10.0. The molecule has 0 unspecified atom stereocenters. The van der Waals surface area contributed by atoms with Crippen molar-refractivity contribution in [1.29, 1.82) is 0 Å². The van der Waals surface area contributed by atoms with Crippen molar-refractivity contribution in [3.8, 4) is 0 Å². The first-order chi connectivity index (χ1) is 10.2. The van der Waals surface area contributed by atoms with E-state index in [1.54, 1.807) is 12.1 Å². The summed E-state index contributed by atoms with van der Waals surface area (Å²) in [4.78, 5) is 14.5. The van der Waals surface area contributed by atoms with Gasteiger partial charge in [-0.15, -0.1) is 0 Å². The molecule has 2 N–H and O–H groups in total. The predicted molar refractivity (Wildman–Crippen MR) is 87.6 cm³/mol. The van der Waals surface area contributed by atoms with Crippen molar-refractivity contribution in [3.63, 3.8) is 0 Å². The highest BCUT2D eigenvalue weighted by Crippen LogP contribution is 2.31. The van der Waals surface area contributed by atoms with E-state index >= 15 is 0 Å². The van der Waals surface area contributed by atoms with Crippen LogP contribution in [0.1, 0.15) is 28.5 Å². The Kier molecular flexibility index (Phi) is 3.10. The highest BCUT2D eigenvalue weighted by molar-refractivity contribution is 6.10. The van der Waals surface area contributed by atoms with Crippen LogP contribution in [0.2, 0.25) is 0 Å². The zero-order chi connectivity index (χ0) is 15.0. The Labute approximate surface area is 122 Å². The highest BCUT2D eigenvalue weighted by Gasteiger charge is 2.11. The molecule has 3 aromatic rings. The lowest BCUT2D eigenvalue weighted by Gasteiger charge is -2.02. The van der Waals surface area contributed by atoms with Gasteiger partial charge in [-0.25, -0.2) is 4.79 Å². The smallest absolute Gasteiger partial charge is 0.335 e. The van der Waals surface area contributed by atoms with Gasteiger partial charge in [-0.05, 0) is 30.5 Å². The molecule has 0 aliphatic carbocycles. The topological polar surface area (TPSA) is 53.1 Å². The summed E-state index contributed by atoms with van der Waals surface area (Å²) in [6.45, 7) is 5.85. The van der Waals surface area contributed by atoms with Gasteiger partial charge in [0.25, 0.3) is 0 Å². The Morgan fingerprint density at radius 3 is 2.67 bits per heavy atom. The maximum atomic E-state index is 11.1. The number of aromatic carboxylic acids is 1. The second-order valence-electron chi connectivity index (χ2n) is 4.89. The first kappa shape index (κ1) is 13.2. The number of carboxylic acids is 1. The maximum absolute atomic E-state index is 11.1. The number of aromatic amines is 1. The standard InChI is InChI=1S/C18H15NO2/c1-3-5-16-13(4-2)15-9-6-11-10-12(18(20)21)7-8-14(11)17(15)19-16/h3-10,19H,2H2,1H3,(H,20,21)/b5-3-. The monoisotopic (exact) mass is 277 g/mol. The second kappa shape index (κ2) is 4.94. The molecular weight excluding hydrogens is 262 g/mol. The number of hydrogen-bond acceptors (Lipinski definition) is 1. The Morgan fingerprint density at radius 1 is 1.24 bits per heavy atom. The van der Waals surface area contributed by atoms with Crippen LogP contribution in [-0.2, 0) is 0 Å². The molecule has 0 amide bonds. The van der Waals surface area contributed by atoms with Crippen molar-refractivity contribution in [2.45, 2.75) is 6.92 Å². The van der Waals surface area contributed by atoms with Crippen molar-refractivity contribution in [3.05, 3.63) is 59.8 Å². The van der Waals surface area contributed by atoms with Crippen LogP contribution in [0.3, 0.4) is 0 Å². The average molecular weight is 277 g/mol. The Morgan fingerprint density at radius 2 is 2.00 bits per heavy atom. The molecule has 0 saturated heterocycles. The van der Waals surface area contributed by atoms with Crippen molar-refractivity contribution >= 4 is 39.8 Å². The number of rotatable bonds is 3. The molecule has 0 spiro atoms. The van der Waals surface area contributed by atoms with Crippen molar-refractivity contribution in [2.75, 3.05) is 0 Å². The van der Waals surface area contributed by atoms with E-state index in [0.29, 0.717) is 5.56 Å². The normalized spacial score (nSPS) is 11.5. The van der Waals surface area contributed by atoms with Gasteiger partial charge >= 0.3 is 5.97 Å². The molecule has 3 nitrogen and oxygen atoms in total. The van der Waals surface area contributed by atoms with Gasteiger partial charge in [-0.2, -0.15) is 0 Å². The molecule has 0 aliphatic rings. The zero-order valence-electron chi connectivity index (χ0n) is 11.7. The quantitative estimate of drug-likeness (QED) is 0.729. The summed E-state index contributed by atoms with van der Waals surface area (Å²) in [5, 5.41) is 12.1. The molecule has 1 aromatic heterocycles. The number of nitrogens with one attached hydrogen (secondary N) is 1. The predicted octanol–water partition coefficient (Wildman–Crippen LogP) is 4.70.